The van der Waals surface area contributed by atoms with Crippen molar-refractivity contribution in [2.75, 3.05) is 0 Å². The summed E-state index contributed by atoms with van der Waals surface area (Å²) in [6.45, 7) is 0. The highest BCUT2D eigenvalue weighted by molar-refractivity contribution is 6.20. The summed E-state index contributed by atoms with van der Waals surface area (Å²) in [7, 11) is 2.13. The molecule has 25 heavy (non-hydrogen) atoms. The minimum Gasteiger partial charge on any atom is -0.344 e. The van der Waals surface area contributed by atoms with Crippen molar-refractivity contribution in [2.45, 2.75) is 0 Å². The van der Waals surface area contributed by atoms with E-state index in [1.54, 1.807) is 0 Å². The van der Waals surface area contributed by atoms with Crippen molar-refractivity contribution < 1.29 is 0 Å². The van der Waals surface area contributed by atoms with Crippen LogP contribution in [0.25, 0.3) is 49.1 Å². The summed E-state index contributed by atoms with van der Waals surface area (Å²) in [5, 5.41) is 6.14. The molecule has 0 saturated carbocycles. The van der Waals surface area contributed by atoms with E-state index >= 15 is 0 Å². The zero-order valence-electron chi connectivity index (χ0n) is 13.6. The van der Waals surface area contributed by atoms with Gasteiger partial charge in [-0.25, -0.2) is 9.97 Å². The smallest absolute Gasteiger partial charge is 0.146 e. The van der Waals surface area contributed by atoms with Crippen LogP contribution in [-0.4, -0.2) is 18.9 Å². The van der Waals surface area contributed by atoms with Crippen molar-refractivity contribution in [3.63, 3.8) is 0 Å². The number of fused-ring (bicyclic) bond motifs is 9. The molecule has 2 aromatic carbocycles. The summed E-state index contributed by atoms with van der Waals surface area (Å²) in [5.41, 5.74) is 4.52. The number of benzene rings is 2. The second-order valence-corrected chi connectivity index (χ2v) is 6.51. The van der Waals surface area contributed by atoms with Gasteiger partial charge >= 0.3 is 0 Å². The fraction of sp³-hybridized carbons (Fsp3) is 0.0476. The lowest BCUT2D eigenvalue weighted by molar-refractivity contribution is 1.02. The second-order valence-electron chi connectivity index (χ2n) is 6.51. The predicted octanol–water partition coefficient (Wildman–Crippen LogP) is 4.68. The standard InChI is InChI=1S/C21H14N4/c1-24-18-7-3-2-5-13(18)16-9-15-14-6-4-8-23-21(14)25-12-22-11-20(25)17(15)10-19(16)24/h2-12H,1H3. The van der Waals surface area contributed by atoms with E-state index in [1.165, 1.54) is 32.6 Å². The number of pyridine rings is 2. The van der Waals surface area contributed by atoms with E-state index in [0.717, 1.165) is 16.6 Å². The van der Waals surface area contributed by atoms with Crippen molar-refractivity contribution in [2.24, 2.45) is 7.05 Å². The first-order valence-electron chi connectivity index (χ1n) is 8.32. The second kappa shape index (κ2) is 4.36. The fourth-order valence-corrected chi connectivity index (χ4v) is 4.10. The fourth-order valence-electron chi connectivity index (χ4n) is 4.10. The first-order chi connectivity index (χ1) is 12.3. The number of nitrogens with zero attached hydrogens (tertiary/aromatic N) is 4. The van der Waals surface area contributed by atoms with Gasteiger partial charge in [0, 0.05) is 45.8 Å². The molecule has 0 N–H and O–H groups in total. The third-order valence-corrected chi connectivity index (χ3v) is 5.27. The Hall–Kier alpha value is -3.40. The van der Waals surface area contributed by atoms with Crippen molar-refractivity contribution in [1.82, 2.24) is 18.9 Å². The molecule has 0 bridgehead atoms. The van der Waals surface area contributed by atoms with Crippen LogP contribution in [0.2, 0.25) is 0 Å². The largest absolute Gasteiger partial charge is 0.344 e. The Kier molecular flexibility index (Phi) is 2.26. The molecule has 6 aromatic rings. The van der Waals surface area contributed by atoms with Crippen LogP contribution in [0.3, 0.4) is 0 Å². The summed E-state index contributed by atoms with van der Waals surface area (Å²) in [5.74, 6) is 0. The van der Waals surface area contributed by atoms with E-state index in [9.17, 15) is 0 Å². The Morgan fingerprint density at radius 3 is 2.56 bits per heavy atom. The van der Waals surface area contributed by atoms with Gasteiger partial charge in [-0.3, -0.25) is 4.40 Å². The average molecular weight is 322 g/mol. The highest BCUT2D eigenvalue weighted by atomic mass is 15.0. The van der Waals surface area contributed by atoms with Gasteiger partial charge in [-0.2, -0.15) is 0 Å². The summed E-state index contributed by atoms with van der Waals surface area (Å²) in [6, 6.07) is 17.3. The molecule has 0 radical (unpaired) electrons. The van der Waals surface area contributed by atoms with Gasteiger partial charge in [0.15, 0.2) is 0 Å². The highest BCUT2D eigenvalue weighted by Gasteiger charge is 2.14. The Bertz CT molecular complexity index is 1450. The topological polar surface area (TPSA) is 35.1 Å². The van der Waals surface area contributed by atoms with Crippen LogP contribution < -0.4 is 0 Å². The van der Waals surface area contributed by atoms with Gasteiger partial charge in [0.1, 0.15) is 12.0 Å². The minimum absolute atomic E-state index is 0.946. The molecule has 6 rings (SSSR count). The molecule has 118 valence electrons. The predicted molar refractivity (Wildman–Crippen MR) is 102 cm³/mol. The van der Waals surface area contributed by atoms with Crippen LogP contribution in [0.5, 0.6) is 0 Å². The number of rotatable bonds is 0. The Morgan fingerprint density at radius 2 is 1.60 bits per heavy atom. The number of hydrogen-bond donors (Lipinski definition) is 0. The van der Waals surface area contributed by atoms with Crippen molar-refractivity contribution in [3.8, 4) is 0 Å². The first kappa shape index (κ1) is 13.0. The third kappa shape index (κ3) is 1.51. The van der Waals surface area contributed by atoms with Crippen LogP contribution in [0.4, 0.5) is 0 Å². The molecule has 4 nitrogen and oxygen atoms in total. The van der Waals surface area contributed by atoms with Crippen LogP contribution in [-0.2, 0) is 7.05 Å². The van der Waals surface area contributed by atoms with Gasteiger partial charge in [-0.05, 0) is 35.7 Å². The quantitative estimate of drug-likeness (QED) is 0.381. The monoisotopic (exact) mass is 322 g/mol. The SMILES string of the molecule is Cn1c2ccccc2c2cc3c(cc21)c1cncn1c1ncccc31. The summed E-state index contributed by atoms with van der Waals surface area (Å²) >= 11 is 0. The molecular formula is C21H14N4. The molecular weight excluding hydrogens is 308 g/mol. The minimum atomic E-state index is 0.946. The van der Waals surface area contributed by atoms with E-state index in [0.29, 0.717) is 0 Å². The summed E-state index contributed by atoms with van der Waals surface area (Å²) in [6.07, 6.45) is 5.60. The molecule has 4 heteroatoms. The number of para-hydroxylation sites is 1. The van der Waals surface area contributed by atoms with Gasteiger partial charge in [0.05, 0.1) is 11.7 Å². The molecule has 0 aliphatic carbocycles. The molecule has 0 atom stereocenters. The van der Waals surface area contributed by atoms with Crippen molar-refractivity contribution >= 4 is 49.1 Å². The first-order valence-corrected chi connectivity index (χ1v) is 8.32. The van der Waals surface area contributed by atoms with E-state index in [2.05, 4.69) is 68.4 Å². The third-order valence-electron chi connectivity index (χ3n) is 5.27. The van der Waals surface area contributed by atoms with E-state index < -0.39 is 0 Å². The summed E-state index contributed by atoms with van der Waals surface area (Å²) < 4.78 is 4.34. The molecule has 0 spiro atoms. The van der Waals surface area contributed by atoms with E-state index in [-0.39, 0.29) is 0 Å². The normalized spacial score (nSPS) is 12.2. The van der Waals surface area contributed by atoms with Crippen LogP contribution in [0.1, 0.15) is 0 Å². The molecule has 0 amide bonds. The molecule has 0 saturated heterocycles. The number of aromatic nitrogens is 4. The maximum absolute atomic E-state index is 4.60. The highest BCUT2D eigenvalue weighted by Crippen LogP contribution is 2.35. The van der Waals surface area contributed by atoms with Crippen molar-refractivity contribution in [3.05, 3.63) is 67.3 Å². The van der Waals surface area contributed by atoms with Crippen LogP contribution in [0, 0.1) is 0 Å². The molecule has 0 unspecified atom stereocenters. The zero-order valence-corrected chi connectivity index (χ0v) is 13.6. The van der Waals surface area contributed by atoms with Gasteiger partial charge < -0.3 is 4.57 Å². The lowest BCUT2D eigenvalue weighted by Crippen LogP contribution is -1.93. The lowest BCUT2D eigenvalue weighted by Gasteiger charge is -2.08. The van der Waals surface area contributed by atoms with E-state index in [1.807, 2.05) is 24.8 Å². The number of hydrogen-bond acceptors (Lipinski definition) is 2. The van der Waals surface area contributed by atoms with Crippen molar-refractivity contribution in [1.29, 1.82) is 0 Å². The Morgan fingerprint density at radius 1 is 0.760 bits per heavy atom. The molecule has 0 fully saturated rings. The molecule has 4 aromatic heterocycles. The van der Waals surface area contributed by atoms with Crippen LogP contribution >= 0.6 is 0 Å². The molecule has 4 heterocycles. The Balaban J connectivity index is 1.98. The van der Waals surface area contributed by atoms with Gasteiger partial charge in [-0.1, -0.05) is 18.2 Å². The van der Waals surface area contributed by atoms with Gasteiger partial charge in [0.2, 0.25) is 0 Å². The van der Waals surface area contributed by atoms with Gasteiger partial charge in [-0.15, -0.1) is 0 Å². The number of imidazole rings is 1. The average Bonchev–Trinajstić information content (AvgIpc) is 3.26. The maximum atomic E-state index is 4.60. The maximum Gasteiger partial charge on any atom is 0.146 e. The summed E-state index contributed by atoms with van der Waals surface area (Å²) in [4.78, 5) is 8.96. The number of aryl methyl sites for hydroxylation is 1. The van der Waals surface area contributed by atoms with E-state index in [4.69, 9.17) is 0 Å². The lowest BCUT2D eigenvalue weighted by atomic mass is 10.0. The Labute approximate surface area is 142 Å². The molecule has 0 aliphatic rings. The van der Waals surface area contributed by atoms with Gasteiger partial charge in [0.25, 0.3) is 0 Å². The van der Waals surface area contributed by atoms with Crippen LogP contribution in [0.15, 0.2) is 67.3 Å². The molecule has 0 aliphatic heterocycles. The zero-order chi connectivity index (χ0) is 16.5.